The molecular formula is C11H12FNO. The van der Waals surface area contributed by atoms with Crippen LogP contribution >= 0.6 is 0 Å². The van der Waals surface area contributed by atoms with Crippen LogP contribution in [-0.4, -0.2) is 12.5 Å². The molecule has 14 heavy (non-hydrogen) atoms. The van der Waals surface area contributed by atoms with Crippen LogP contribution in [0.2, 0.25) is 0 Å². The summed E-state index contributed by atoms with van der Waals surface area (Å²) in [5.41, 5.74) is 0.0806. The number of halogens is 1. The first-order chi connectivity index (χ1) is 6.75. The topological polar surface area (TPSA) is 29.1 Å². The highest BCUT2D eigenvalue weighted by atomic mass is 19.1. The first kappa shape index (κ1) is 10.4. The van der Waals surface area contributed by atoms with E-state index in [1.165, 1.54) is 12.1 Å². The second-order valence-electron chi connectivity index (χ2n) is 2.76. The highest BCUT2D eigenvalue weighted by Crippen LogP contribution is 2.05. The number of hydrogen-bond acceptors (Lipinski definition) is 1. The zero-order chi connectivity index (χ0) is 10.4. The minimum absolute atomic E-state index is 0.0806. The van der Waals surface area contributed by atoms with Gasteiger partial charge < -0.3 is 5.32 Å². The van der Waals surface area contributed by atoms with Crippen molar-refractivity contribution in [3.05, 3.63) is 47.8 Å². The molecule has 2 nitrogen and oxygen atoms in total. The van der Waals surface area contributed by atoms with Gasteiger partial charge in [-0.15, -0.1) is 0 Å². The van der Waals surface area contributed by atoms with Gasteiger partial charge in [0.25, 0.3) is 5.91 Å². The first-order valence-corrected chi connectivity index (χ1v) is 4.39. The third kappa shape index (κ3) is 2.69. The van der Waals surface area contributed by atoms with Crippen molar-refractivity contribution in [2.45, 2.75) is 6.92 Å². The fraction of sp³-hybridized carbons (Fsp3) is 0.182. The van der Waals surface area contributed by atoms with E-state index in [-0.39, 0.29) is 11.5 Å². The molecule has 0 spiro atoms. The van der Waals surface area contributed by atoms with Crippen LogP contribution in [0.4, 0.5) is 4.39 Å². The van der Waals surface area contributed by atoms with Gasteiger partial charge in [-0.05, 0) is 19.1 Å². The number of hydrogen-bond donors (Lipinski definition) is 1. The molecule has 0 atom stereocenters. The van der Waals surface area contributed by atoms with Crippen molar-refractivity contribution in [1.82, 2.24) is 5.32 Å². The maximum atomic E-state index is 13.1. The van der Waals surface area contributed by atoms with E-state index in [1.807, 2.05) is 13.0 Å². The molecule has 0 aliphatic carbocycles. The molecule has 74 valence electrons. The number of rotatable bonds is 3. The largest absolute Gasteiger partial charge is 0.348 e. The molecular weight excluding hydrogens is 181 g/mol. The fourth-order valence-corrected chi connectivity index (χ4v) is 1.01. The van der Waals surface area contributed by atoms with Crippen LogP contribution in [-0.2, 0) is 0 Å². The van der Waals surface area contributed by atoms with Crippen molar-refractivity contribution >= 4 is 5.91 Å². The van der Waals surface area contributed by atoms with Gasteiger partial charge in [-0.2, -0.15) is 0 Å². The van der Waals surface area contributed by atoms with Crippen molar-refractivity contribution < 1.29 is 9.18 Å². The Balaban J connectivity index is 2.65. The number of benzene rings is 1. The van der Waals surface area contributed by atoms with E-state index < -0.39 is 5.82 Å². The molecule has 0 unspecified atom stereocenters. The lowest BCUT2D eigenvalue weighted by atomic mass is 10.2. The normalized spacial score (nSPS) is 10.4. The van der Waals surface area contributed by atoms with Crippen molar-refractivity contribution in [3.63, 3.8) is 0 Å². The maximum absolute atomic E-state index is 13.1. The highest BCUT2D eigenvalue weighted by molar-refractivity contribution is 5.94. The summed E-state index contributed by atoms with van der Waals surface area (Å²) in [5, 5.41) is 2.57. The van der Waals surface area contributed by atoms with Gasteiger partial charge in [0.15, 0.2) is 0 Å². The molecule has 0 fully saturated rings. The lowest BCUT2D eigenvalue weighted by Crippen LogP contribution is -2.24. The number of allylic oxidation sites excluding steroid dienone is 1. The molecule has 0 aromatic heterocycles. The molecule has 0 saturated heterocycles. The van der Waals surface area contributed by atoms with E-state index in [4.69, 9.17) is 0 Å². The van der Waals surface area contributed by atoms with Crippen LogP contribution in [0.15, 0.2) is 36.4 Å². The van der Waals surface area contributed by atoms with E-state index in [1.54, 1.807) is 18.2 Å². The number of amides is 1. The Morgan fingerprint density at radius 3 is 2.86 bits per heavy atom. The maximum Gasteiger partial charge on any atom is 0.254 e. The lowest BCUT2D eigenvalue weighted by Gasteiger charge is -2.02. The SMILES string of the molecule is C/C=C/CNC(=O)c1ccccc1F. The van der Waals surface area contributed by atoms with Gasteiger partial charge in [0.05, 0.1) is 5.56 Å². The Bertz CT molecular complexity index is 347. The van der Waals surface area contributed by atoms with Crippen LogP contribution in [0, 0.1) is 5.82 Å². The predicted molar refractivity (Wildman–Crippen MR) is 53.5 cm³/mol. The van der Waals surface area contributed by atoms with Crippen LogP contribution in [0.5, 0.6) is 0 Å². The summed E-state index contributed by atoms with van der Waals surface area (Å²) < 4.78 is 13.1. The number of carbonyl (C=O) groups is 1. The van der Waals surface area contributed by atoms with Crippen LogP contribution in [0.25, 0.3) is 0 Å². The Labute approximate surface area is 82.4 Å². The molecule has 0 radical (unpaired) electrons. The standard InChI is InChI=1S/C11H12FNO/c1-2-3-8-13-11(14)9-6-4-5-7-10(9)12/h2-7H,8H2,1H3,(H,13,14)/b3-2+. The van der Waals surface area contributed by atoms with Crippen molar-refractivity contribution in [1.29, 1.82) is 0 Å². The molecule has 0 saturated carbocycles. The Hall–Kier alpha value is -1.64. The van der Waals surface area contributed by atoms with Crippen molar-refractivity contribution in [2.75, 3.05) is 6.54 Å². The Morgan fingerprint density at radius 1 is 1.50 bits per heavy atom. The van der Waals surface area contributed by atoms with Gasteiger partial charge in [0, 0.05) is 6.54 Å². The van der Waals surface area contributed by atoms with E-state index in [2.05, 4.69) is 5.32 Å². The highest BCUT2D eigenvalue weighted by Gasteiger charge is 2.08. The summed E-state index contributed by atoms with van der Waals surface area (Å²) in [6, 6.07) is 5.91. The Morgan fingerprint density at radius 2 is 2.21 bits per heavy atom. The van der Waals surface area contributed by atoms with Gasteiger partial charge in [-0.1, -0.05) is 24.3 Å². The monoisotopic (exact) mass is 193 g/mol. The third-order valence-corrected chi connectivity index (χ3v) is 1.73. The summed E-state index contributed by atoms with van der Waals surface area (Å²) in [7, 11) is 0. The molecule has 0 aliphatic heterocycles. The summed E-state index contributed by atoms with van der Waals surface area (Å²) in [6.07, 6.45) is 3.61. The van der Waals surface area contributed by atoms with E-state index in [9.17, 15) is 9.18 Å². The predicted octanol–water partition coefficient (Wildman–Crippen LogP) is 2.13. The van der Waals surface area contributed by atoms with Gasteiger partial charge in [-0.25, -0.2) is 4.39 Å². The van der Waals surface area contributed by atoms with Gasteiger partial charge in [-0.3, -0.25) is 4.79 Å². The minimum atomic E-state index is -0.495. The average Bonchev–Trinajstić information content (AvgIpc) is 2.18. The van der Waals surface area contributed by atoms with Crippen molar-refractivity contribution in [2.24, 2.45) is 0 Å². The molecule has 1 aromatic rings. The fourth-order valence-electron chi connectivity index (χ4n) is 1.01. The number of carbonyl (C=O) groups excluding carboxylic acids is 1. The number of nitrogens with one attached hydrogen (secondary N) is 1. The van der Waals surface area contributed by atoms with E-state index in [0.29, 0.717) is 6.54 Å². The van der Waals surface area contributed by atoms with Gasteiger partial charge in [0.1, 0.15) is 5.82 Å². The van der Waals surface area contributed by atoms with E-state index in [0.717, 1.165) is 0 Å². The molecule has 1 amide bonds. The van der Waals surface area contributed by atoms with Gasteiger partial charge >= 0.3 is 0 Å². The summed E-state index contributed by atoms with van der Waals surface area (Å²) >= 11 is 0. The average molecular weight is 193 g/mol. The molecule has 1 rings (SSSR count). The van der Waals surface area contributed by atoms with E-state index >= 15 is 0 Å². The zero-order valence-electron chi connectivity index (χ0n) is 7.96. The molecule has 0 aliphatic rings. The first-order valence-electron chi connectivity index (χ1n) is 4.39. The molecule has 3 heteroatoms. The third-order valence-electron chi connectivity index (χ3n) is 1.73. The van der Waals surface area contributed by atoms with Gasteiger partial charge in [0.2, 0.25) is 0 Å². The van der Waals surface area contributed by atoms with Crippen molar-refractivity contribution in [3.8, 4) is 0 Å². The summed E-state index contributed by atoms with van der Waals surface area (Å²) in [5.74, 6) is -0.883. The second kappa shape index (κ2) is 5.17. The molecule has 1 aromatic carbocycles. The lowest BCUT2D eigenvalue weighted by molar-refractivity contribution is 0.0954. The minimum Gasteiger partial charge on any atom is -0.348 e. The Kier molecular flexibility index (Phi) is 3.85. The molecule has 0 bridgehead atoms. The second-order valence-corrected chi connectivity index (χ2v) is 2.76. The zero-order valence-corrected chi connectivity index (χ0v) is 7.96. The smallest absolute Gasteiger partial charge is 0.254 e. The molecule has 0 heterocycles. The van der Waals surface area contributed by atoms with Crippen LogP contribution in [0.3, 0.4) is 0 Å². The summed E-state index contributed by atoms with van der Waals surface area (Å²) in [4.78, 5) is 11.4. The van der Waals surface area contributed by atoms with Crippen LogP contribution in [0.1, 0.15) is 17.3 Å². The molecule has 1 N–H and O–H groups in total. The summed E-state index contributed by atoms with van der Waals surface area (Å²) in [6.45, 7) is 2.28. The quantitative estimate of drug-likeness (QED) is 0.732. The van der Waals surface area contributed by atoms with Crippen LogP contribution < -0.4 is 5.32 Å².